The van der Waals surface area contributed by atoms with Crippen molar-refractivity contribution in [3.8, 4) is 0 Å². The SMILES string of the molecule is CCCCCCCCCCNC(C)CCCO. The van der Waals surface area contributed by atoms with Crippen molar-refractivity contribution >= 4 is 0 Å². The van der Waals surface area contributed by atoms with E-state index in [9.17, 15) is 0 Å². The molecule has 0 aromatic carbocycles. The summed E-state index contributed by atoms with van der Waals surface area (Å²) >= 11 is 0. The minimum Gasteiger partial charge on any atom is -0.396 e. The highest BCUT2D eigenvalue weighted by Crippen LogP contribution is 2.08. The van der Waals surface area contributed by atoms with E-state index in [1.807, 2.05) is 0 Å². The molecule has 17 heavy (non-hydrogen) atoms. The molecule has 2 N–H and O–H groups in total. The van der Waals surface area contributed by atoms with Gasteiger partial charge in [0.2, 0.25) is 0 Å². The van der Waals surface area contributed by atoms with Crippen molar-refractivity contribution in [3.63, 3.8) is 0 Å². The Balaban J connectivity index is 3.02. The van der Waals surface area contributed by atoms with E-state index >= 15 is 0 Å². The van der Waals surface area contributed by atoms with Gasteiger partial charge in [0.1, 0.15) is 0 Å². The minimum absolute atomic E-state index is 0.323. The van der Waals surface area contributed by atoms with E-state index in [2.05, 4.69) is 19.2 Å². The molecular formula is C15H33NO. The topological polar surface area (TPSA) is 32.3 Å². The normalized spacial score (nSPS) is 12.9. The second-order valence-corrected chi connectivity index (χ2v) is 5.20. The summed E-state index contributed by atoms with van der Waals surface area (Å²) in [6.07, 6.45) is 13.1. The lowest BCUT2D eigenvalue weighted by Gasteiger charge is -2.12. The summed E-state index contributed by atoms with van der Waals surface area (Å²) in [4.78, 5) is 0. The van der Waals surface area contributed by atoms with E-state index < -0.39 is 0 Å². The van der Waals surface area contributed by atoms with Gasteiger partial charge in [0.15, 0.2) is 0 Å². The van der Waals surface area contributed by atoms with Gasteiger partial charge in [-0.15, -0.1) is 0 Å². The Labute approximate surface area is 108 Å². The van der Waals surface area contributed by atoms with Gasteiger partial charge in [-0.1, -0.05) is 51.9 Å². The molecule has 0 heterocycles. The number of unbranched alkanes of at least 4 members (excludes halogenated alkanes) is 7. The van der Waals surface area contributed by atoms with E-state index in [1.165, 1.54) is 51.4 Å². The van der Waals surface area contributed by atoms with Crippen LogP contribution in [0.5, 0.6) is 0 Å². The van der Waals surface area contributed by atoms with Crippen LogP contribution in [0.3, 0.4) is 0 Å². The Morgan fingerprint density at radius 1 is 0.882 bits per heavy atom. The van der Waals surface area contributed by atoms with Crippen LogP contribution in [0.1, 0.15) is 78.1 Å². The Morgan fingerprint density at radius 2 is 1.47 bits per heavy atom. The van der Waals surface area contributed by atoms with Crippen LogP contribution in [0, 0.1) is 0 Å². The minimum atomic E-state index is 0.323. The molecule has 104 valence electrons. The van der Waals surface area contributed by atoms with E-state index in [0.717, 1.165) is 19.4 Å². The lowest BCUT2D eigenvalue weighted by Crippen LogP contribution is -2.27. The third-order valence-corrected chi connectivity index (χ3v) is 3.32. The molecule has 0 bridgehead atoms. The number of nitrogens with one attached hydrogen (secondary N) is 1. The second-order valence-electron chi connectivity index (χ2n) is 5.20. The Bertz CT molecular complexity index is 139. The molecule has 2 heteroatoms. The molecule has 1 atom stereocenters. The predicted octanol–water partition coefficient (Wildman–Crippen LogP) is 3.88. The zero-order valence-electron chi connectivity index (χ0n) is 12.0. The summed E-state index contributed by atoms with van der Waals surface area (Å²) in [5, 5.41) is 12.2. The van der Waals surface area contributed by atoms with Gasteiger partial charge in [-0.25, -0.2) is 0 Å². The summed E-state index contributed by atoms with van der Waals surface area (Å²) in [6.45, 7) is 5.94. The largest absolute Gasteiger partial charge is 0.396 e. The molecule has 0 saturated heterocycles. The fourth-order valence-electron chi connectivity index (χ4n) is 2.11. The van der Waals surface area contributed by atoms with Crippen LogP contribution >= 0.6 is 0 Å². The van der Waals surface area contributed by atoms with Gasteiger partial charge in [0, 0.05) is 12.6 Å². The molecular weight excluding hydrogens is 210 g/mol. The van der Waals surface area contributed by atoms with E-state index in [0.29, 0.717) is 12.6 Å². The average Bonchev–Trinajstić information content (AvgIpc) is 2.34. The maximum Gasteiger partial charge on any atom is 0.0431 e. The van der Waals surface area contributed by atoms with Gasteiger partial charge in [-0.2, -0.15) is 0 Å². The van der Waals surface area contributed by atoms with Crippen LogP contribution in [0.4, 0.5) is 0 Å². The van der Waals surface area contributed by atoms with Crippen LogP contribution < -0.4 is 5.32 Å². The molecule has 2 nitrogen and oxygen atoms in total. The van der Waals surface area contributed by atoms with E-state index in [1.54, 1.807) is 0 Å². The highest BCUT2D eigenvalue weighted by molar-refractivity contribution is 4.60. The molecule has 0 radical (unpaired) electrons. The fourth-order valence-corrected chi connectivity index (χ4v) is 2.11. The molecule has 0 saturated carbocycles. The zero-order chi connectivity index (χ0) is 12.8. The molecule has 0 aliphatic rings. The van der Waals surface area contributed by atoms with Gasteiger partial charge in [0.25, 0.3) is 0 Å². The first-order valence-electron chi connectivity index (χ1n) is 7.65. The molecule has 0 aromatic rings. The fraction of sp³-hybridized carbons (Fsp3) is 1.00. The zero-order valence-corrected chi connectivity index (χ0v) is 12.0. The maximum atomic E-state index is 8.72. The summed E-state index contributed by atoms with van der Waals surface area (Å²) in [5.41, 5.74) is 0. The Hall–Kier alpha value is -0.0800. The monoisotopic (exact) mass is 243 g/mol. The number of aliphatic hydroxyl groups excluding tert-OH is 1. The first-order valence-corrected chi connectivity index (χ1v) is 7.65. The molecule has 0 aliphatic carbocycles. The smallest absolute Gasteiger partial charge is 0.0431 e. The molecule has 0 amide bonds. The second kappa shape index (κ2) is 14.0. The van der Waals surface area contributed by atoms with Crippen molar-refractivity contribution in [2.24, 2.45) is 0 Å². The molecule has 0 rings (SSSR count). The number of rotatable bonds is 13. The molecule has 1 unspecified atom stereocenters. The predicted molar refractivity (Wildman–Crippen MR) is 76.4 cm³/mol. The highest BCUT2D eigenvalue weighted by Gasteiger charge is 1.99. The van der Waals surface area contributed by atoms with Crippen molar-refractivity contribution in [2.75, 3.05) is 13.2 Å². The van der Waals surface area contributed by atoms with Crippen molar-refractivity contribution in [3.05, 3.63) is 0 Å². The van der Waals surface area contributed by atoms with Gasteiger partial charge in [-0.3, -0.25) is 0 Å². The van der Waals surface area contributed by atoms with Crippen LogP contribution in [0.15, 0.2) is 0 Å². The standard InChI is InChI=1S/C15H33NO/c1-3-4-5-6-7-8-9-10-13-16-15(2)12-11-14-17/h15-17H,3-14H2,1-2H3. The van der Waals surface area contributed by atoms with Crippen molar-refractivity contribution in [2.45, 2.75) is 84.1 Å². The number of hydrogen-bond donors (Lipinski definition) is 2. The highest BCUT2D eigenvalue weighted by atomic mass is 16.2. The van der Waals surface area contributed by atoms with Gasteiger partial charge >= 0.3 is 0 Å². The van der Waals surface area contributed by atoms with E-state index in [-0.39, 0.29) is 0 Å². The first-order chi connectivity index (χ1) is 8.31. The van der Waals surface area contributed by atoms with Crippen molar-refractivity contribution in [1.29, 1.82) is 0 Å². The van der Waals surface area contributed by atoms with E-state index in [4.69, 9.17) is 5.11 Å². The quantitative estimate of drug-likeness (QED) is 0.481. The Morgan fingerprint density at radius 3 is 2.06 bits per heavy atom. The molecule has 0 fully saturated rings. The first kappa shape index (κ1) is 16.9. The maximum absolute atomic E-state index is 8.72. The number of hydrogen-bond acceptors (Lipinski definition) is 2. The average molecular weight is 243 g/mol. The van der Waals surface area contributed by atoms with Crippen LogP contribution in [0.2, 0.25) is 0 Å². The summed E-state index contributed by atoms with van der Waals surface area (Å²) in [7, 11) is 0. The summed E-state index contributed by atoms with van der Waals surface area (Å²) < 4.78 is 0. The Kier molecular flexibility index (Phi) is 13.9. The third kappa shape index (κ3) is 13.9. The van der Waals surface area contributed by atoms with Gasteiger partial charge < -0.3 is 10.4 Å². The number of aliphatic hydroxyl groups is 1. The van der Waals surface area contributed by atoms with Crippen LogP contribution in [-0.2, 0) is 0 Å². The van der Waals surface area contributed by atoms with Crippen LogP contribution in [-0.4, -0.2) is 24.3 Å². The lowest BCUT2D eigenvalue weighted by molar-refractivity contribution is 0.276. The lowest BCUT2D eigenvalue weighted by atomic mass is 10.1. The summed E-state index contributed by atoms with van der Waals surface area (Å²) in [6, 6.07) is 0.562. The van der Waals surface area contributed by atoms with Crippen molar-refractivity contribution in [1.82, 2.24) is 5.32 Å². The third-order valence-electron chi connectivity index (χ3n) is 3.32. The van der Waals surface area contributed by atoms with Gasteiger partial charge in [0.05, 0.1) is 0 Å². The molecule has 0 aromatic heterocycles. The van der Waals surface area contributed by atoms with Gasteiger partial charge in [-0.05, 0) is 32.7 Å². The summed E-state index contributed by atoms with van der Waals surface area (Å²) in [5.74, 6) is 0. The van der Waals surface area contributed by atoms with Crippen LogP contribution in [0.25, 0.3) is 0 Å². The van der Waals surface area contributed by atoms with Crippen molar-refractivity contribution < 1.29 is 5.11 Å². The molecule has 0 aliphatic heterocycles. The molecule has 0 spiro atoms.